The molecular formula is C26H28O4. The van der Waals surface area contributed by atoms with Gasteiger partial charge in [-0.3, -0.25) is 0 Å². The van der Waals surface area contributed by atoms with Crippen LogP contribution in [0.25, 0.3) is 0 Å². The van der Waals surface area contributed by atoms with Crippen LogP contribution in [0.15, 0.2) is 60.7 Å². The monoisotopic (exact) mass is 404 g/mol. The van der Waals surface area contributed by atoms with Crippen molar-refractivity contribution < 1.29 is 18.9 Å². The van der Waals surface area contributed by atoms with Crippen molar-refractivity contribution >= 4 is 0 Å². The van der Waals surface area contributed by atoms with Gasteiger partial charge >= 0.3 is 0 Å². The molecule has 4 heteroatoms. The van der Waals surface area contributed by atoms with Crippen LogP contribution < -0.4 is 18.9 Å². The van der Waals surface area contributed by atoms with Gasteiger partial charge in [0.2, 0.25) is 0 Å². The first kappa shape index (κ1) is 20.1. The molecule has 0 saturated carbocycles. The van der Waals surface area contributed by atoms with Crippen LogP contribution in [-0.2, 0) is 25.7 Å². The van der Waals surface area contributed by atoms with Crippen molar-refractivity contribution in [1.82, 2.24) is 0 Å². The lowest BCUT2D eigenvalue weighted by molar-refractivity contribution is 0.171. The fraction of sp³-hybridized carbons (Fsp3) is 0.308. The highest BCUT2D eigenvalue weighted by Crippen LogP contribution is 2.31. The Morgan fingerprint density at radius 3 is 1.70 bits per heavy atom. The van der Waals surface area contributed by atoms with Crippen LogP contribution in [0.2, 0.25) is 0 Å². The van der Waals surface area contributed by atoms with Crippen molar-refractivity contribution in [2.24, 2.45) is 0 Å². The predicted molar refractivity (Wildman–Crippen MR) is 118 cm³/mol. The van der Waals surface area contributed by atoms with Crippen LogP contribution >= 0.6 is 0 Å². The Hall–Kier alpha value is -3.14. The first-order chi connectivity index (χ1) is 14.7. The third kappa shape index (κ3) is 4.88. The summed E-state index contributed by atoms with van der Waals surface area (Å²) < 4.78 is 22.0. The highest BCUT2D eigenvalue weighted by Gasteiger charge is 2.11. The zero-order valence-electron chi connectivity index (χ0n) is 17.6. The molecule has 30 heavy (non-hydrogen) atoms. The molecule has 0 spiro atoms. The minimum Gasteiger partial charge on any atom is -0.493 e. The number of hydrogen-bond acceptors (Lipinski definition) is 4. The van der Waals surface area contributed by atoms with E-state index in [4.69, 9.17) is 18.9 Å². The molecule has 0 radical (unpaired) electrons. The van der Waals surface area contributed by atoms with E-state index >= 15 is 0 Å². The molecule has 4 nitrogen and oxygen atoms in total. The molecule has 3 aromatic rings. The molecule has 0 unspecified atom stereocenters. The van der Waals surface area contributed by atoms with Crippen LogP contribution in [0.3, 0.4) is 0 Å². The molecule has 156 valence electrons. The zero-order valence-corrected chi connectivity index (χ0v) is 17.6. The number of fused-ring (bicyclic) bond motifs is 1. The molecule has 0 atom stereocenters. The lowest BCUT2D eigenvalue weighted by atomic mass is 10.00. The summed E-state index contributed by atoms with van der Waals surface area (Å²) in [4.78, 5) is 0. The Labute approximate surface area is 178 Å². The van der Waals surface area contributed by atoms with E-state index in [1.807, 2.05) is 12.1 Å². The van der Waals surface area contributed by atoms with Gasteiger partial charge in [-0.05, 0) is 72.2 Å². The maximum Gasteiger partial charge on any atom is 0.161 e. The second kappa shape index (κ2) is 9.57. The average Bonchev–Trinajstić information content (AvgIpc) is 2.81. The van der Waals surface area contributed by atoms with Crippen LogP contribution in [0.1, 0.15) is 22.3 Å². The van der Waals surface area contributed by atoms with Gasteiger partial charge in [-0.25, -0.2) is 0 Å². The summed E-state index contributed by atoms with van der Waals surface area (Å²) in [5.74, 6) is 3.26. The standard InChI is InChI=1S/C26H28O4/c1-27-23-13-11-21(17-25(23)28-2)9-7-19-3-5-20(6-4-19)8-10-22-12-14-24-26(18-22)30-16-15-29-24/h3-6,11-14,17-18H,7-10,15-16H2,1-2H3. The quantitative estimate of drug-likeness (QED) is 0.527. The number of hydrogen-bond donors (Lipinski definition) is 0. The van der Waals surface area contributed by atoms with Crippen molar-refractivity contribution in [3.8, 4) is 23.0 Å². The van der Waals surface area contributed by atoms with Crippen molar-refractivity contribution in [2.45, 2.75) is 25.7 Å². The van der Waals surface area contributed by atoms with Crippen molar-refractivity contribution in [3.63, 3.8) is 0 Å². The molecule has 1 heterocycles. The van der Waals surface area contributed by atoms with Crippen molar-refractivity contribution in [1.29, 1.82) is 0 Å². The zero-order chi connectivity index (χ0) is 20.8. The number of aryl methyl sites for hydroxylation is 4. The lowest BCUT2D eigenvalue weighted by Gasteiger charge is -2.18. The van der Waals surface area contributed by atoms with Gasteiger partial charge in [-0.2, -0.15) is 0 Å². The summed E-state index contributed by atoms with van der Waals surface area (Å²) >= 11 is 0. The molecule has 0 amide bonds. The smallest absolute Gasteiger partial charge is 0.161 e. The molecular weight excluding hydrogens is 376 g/mol. The summed E-state index contributed by atoms with van der Waals surface area (Å²) in [6.07, 6.45) is 3.96. The number of benzene rings is 3. The van der Waals surface area contributed by atoms with E-state index in [2.05, 4.69) is 48.5 Å². The van der Waals surface area contributed by atoms with Crippen molar-refractivity contribution in [3.05, 3.63) is 82.9 Å². The van der Waals surface area contributed by atoms with Gasteiger partial charge in [0.05, 0.1) is 14.2 Å². The van der Waals surface area contributed by atoms with Gasteiger partial charge in [-0.15, -0.1) is 0 Å². The fourth-order valence-electron chi connectivity index (χ4n) is 3.73. The predicted octanol–water partition coefficient (Wildman–Crippen LogP) is 5.05. The van der Waals surface area contributed by atoms with Gasteiger partial charge in [-0.1, -0.05) is 36.4 Å². The Morgan fingerprint density at radius 2 is 1.07 bits per heavy atom. The summed E-state index contributed by atoms with van der Waals surface area (Å²) in [6, 6.07) is 21.3. The summed E-state index contributed by atoms with van der Waals surface area (Å²) in [5.41, 5.74) is 5.21. The molecule has 1 aliphatic rings. The molecule has 1 aliphatic heterocycles. The maximum atomic E-state index is 5.68. The van der Waals surface area contributed by atoms with Crippen molar-refractivity contribution in [2.75, 3.05) is 27.4 Å². The van der Waals surface area contributed by atoms with Crippen LogP contribution in [0.4, 0.5) is 0 Å². The molecule has 4 rings (SSSR count). The third-order valence-corrected chi connectivity index (χ3v) is 5.48. The fourth-order valence-corrected chi connectivity index (χ4v) is 3.73. The molecule has 0 fully saturated rings. The van der Waals surface area contributed by atoms with E-state index in [9.17, 15) is 0 Å². The first-order valence-electron chi connectivity index (χ1n) is 10.4. The van der Waals surface area contributed by atoms with Crippen LogP contribution in [-0.4, -0.2) is 27.4 Å². The Morgan fingerprint density at radius 1 is 0.567 bits per heavy atom. The van der Waals surface area contributed by atoms with E-state index in [0.29, 0.717) is 13.2 Å². The van der Waals surface area contributed by atoms with E-state index in [1.54, 1.807) is 14.2 Å². The van der Waals surface area contributed by atoms with E-state index in [-0.39, 0.29) is 0 Å². The molecule has 0 saturated heterocycles. The number of ether oxygens (including phenoxy) is 4. The highest BCUT2D eigenvalue weighted by molar-refractivity contribution is 5.44. The van der Waals surface area contributed by atoms with Gasteiger partial charge in [0.15, 0.2) is 23.0 Å². The van der Waals surface area contributed by atoms with Gasteiger partial charge < -0.3 is 18.9 Å². The molecule has 0 aliphatic carbocycles. The summed E-state index contributed by atoms with van der Waals surface area (Å²) in [5, 5.41) is 0. The van der Waals surface area contributed by atoms with Crippen LogP contribution in [0, 0.1) is 0 Å². The van der Waals surface area contributed by atoms with Gasteiger partial charge in [0.25, 0.3) is 0 Å². The minimum absolute atomic E-state index is 0.626. The minimum atomic E-state index is 0.626. The summed E-state index contributed by atoms with van der Waals surface area (Å²) in [6.45, 7) is 1.26. The topological polar surface area (TPSA) is 36.9 Å². The average molecular weight is 405 g/mol. The third-order valence-electron chi connectivity index (χ3n) is 5.48. The van der Waals surface area contributed by atoms with Gasteiger partial charge in [0.1, 0.15) is 13.2 Å². The van der Waals surface area contributed by atoms with E-state index < -0.39 is 0 Å². The highest BCUT2D eigenvalue weighted by atomic mass is 16.6. The largest absolute Gasteiger partial charge is 0.493 e. The molecule has 0 aromatic heterocycles. The molecule has 0 N–H and O–H groups in total. The van der Waals surface area contributed by atoms with E-state index in [0.717, 1.165) is 48.7 Å². The summed E-state index contributed by atoms with van der Waals surface area (Å²) in [7, 11) is 3.33. The second-order valence-electron chi connectivity index (χ2n) is 7.48. The molecule has 3 aromatic carbocycles. The lowest BCUT2D eigenvalue weighted by Crippen LogP contribution is -2.15. The Balaban J connectivity index is 1.31. The maximum absolute atomic E-state index is 5.68. The Bertz CT molecular complexity index is 916. The molecule has 0 bridgehead atoms. The second-order valence-corrected chi connectivity index (χ2v) is 7.48. The SMILES string of the molecule is COc1ccc(CCc2ccc(CCc3ccc4c(c3)OCCO4)cc2)cc1OC. The Kier molecular flexibility index (Phi) is 6.43. The number of rotatable bonds is 8. The van der Waals surface area contributed by atoms with Gasteiger partial charge in [0, 0.05) is 0 Å². The van der Waals surface area contributed by atoms with Crippen LogP contribution in [0.5, 0.6) is 23.0 Å². The number of methoxy groups -OCH3 is 2. The normalized spacial score (nSPS) is 12.5. The van der Waals surface area contributed by atoms with E-state index in [1.165, 1.54) is 22.3 Å². The first-order valence-corrected chi connectivity index (χ1v) is 10.4.